The maximum Gasteiger partial charge on any atom is 0.180 e. The summed E-state index contributed by atoms with van der Waals surface area (Å²) in [7, 11) is 0. The van der Waals surface area contributed by atoms with E-state index in [-0.39, 0.29) is 0 Å². The van der Waals surface area contributed by atoms with E-state index in [2.05, 4.69) is 5.16 Å². The number of hydrogen-bond acceptors (Lipinski definition) is 5. The van der Waals surface area contributed by atoms with Gasteiger partial charge in [-0.3, -0.25) is 4.57 Å². The van der Waals surface area contributed by atoms with Gasteiger partial charge in [0.25, 0.3) is 0 Å². The molecule has 0 saturated carbocycles. The van der Waals surface area contributed by atoms with Gasteiger partial charge in [-0.1, -0.05) is 5.16 Å². The lowest BCUT2D eigenvalue weighted by Gasteiger charge is -2.04. The van der Waals surface area contributed by atoms with Gasteiger partial charge < -0.3 is 14.4 Å². The van der Waals surface area contributed by atoms with E-state index in [1.807, 2.05) is 18.4 Å². The number of nitrogens with zero attached hydrogens (tertiary/aromatic N) is 3. The second-order valence-corrected chi connectivity index (χ2v) is 4.41. The summed E-state index contributed by atoms with van der Waals surface area (Å²) < 4.78 is 6.86. The summed E-state index contributed by atoms with van der Waals surface area (Å²) in [4.78, 5) is 10.8. The highest BCUT2D eigenvalue weighted by Gasteiger charge is 2.13. The predicted molar refractivity (Wildman–Crippen MR) is 68.6 cm³/mol. The second kappa shape index (κ2) is 5.05. The third-order valence-electron chi connectivity index (χ3n) is 2.96. The fourth-order valence-corrected chi connectivity index (χ4v) is 2.04. The highest BCUT2D eigenvalue weighted by molar-refractivity contribution is 5.95. The molecule has 0 atom stereocenters. The fraction of sp³-hybridized carbons (Fsp3) is 0.214. The number of carbonyl (C=O) groups is 1. The average molecular weight is 270 g/mol. The van der Waals surface area contributed by atoms with Gasteiger partial charge in [-0.05, 0) is 38.5 Å². The molecule has 2 rings (SSSR count). The zero-order valence-electron chi connectivity index (χ0n) is 11.3. The van der Waals surface area contributed by atoms with Gasteiger partial charge in [-0.15, -0.1) is 0 Å². The molecule has 0 unspecified atom stereocenters. The molecule has 0 N–H and O–H groups in total. The van der Waals surface area contributed by atoms with Crippen molar-refractivity contribution in [3.63, 3.8) is 0 Å². The summed E-state index contributed by atoms with van der Waals surface area (Å²) >= 11 is 0. The molecule has 2 heterocycles. The van der Waals surface area contributed by atoms with Crippen molar-refractivity contribution >= 4 is 12.0 Å². The molecule has 6 nitrogen and oxygen atoms in total. The standard InChI is InChI=1S/C14H13N3O3/c1-8-4-11(6-12(7-15)14(18)19)10(3)17(8)13-5-9(2)20-16-13/h4-6H,1-3H3,(H,18,19)/p-1/b12-6+. The van der Waals surface area contributed by atoms with Crippen molar-refractivity contribution in [2.24, 2.45) is 0 Å². The van der Waals surface area contributed by atoms with E-state index in [4.69, 9.17) is 9.78 Å². The zero-order valence-corrected chi connectivity index (χ0v) is 11.3. The maximum atomic E-state index is 10.8. The van der Waals surface area contributed by atoms with Crippen molar-refractivity contribution in [3.8, 4) is 11.9 Å². The summed E-state index contributed by atoms with van der Waals surface area (Å²) in [6.07, 6.45) is 1.29. The zero-order chi connectivity index (χ0) is 14.9. The summed E-state index contributed by atoms with van der Waals surface area (Å²) in [5.41, 5.74) is 1.84. The van der Waals surface area contributed by atoms with E-state index in [9.17, 15) is 9.90 Å². The first kappa shape index (κ1) is 13.6. The van der Waals surface area contributed by atoms with E-state index >= 15 is 0 Å². The van der Waals surface area contributed by atoms with Crippen LogP contribution in [0.3, 0.4) is 0 Å². The van der Waals surface area contributed by atoms with Gasteiger partial charge in [0, 0.05) is 17.5 Å². The molecule has 0 fully saturated rings. The normalized spacial score (nSPS) is 11.4. The van der Waals surface area contributed by atoms with Crippen LogP contribution in [-0.2, 0) is 4.79 Å². The van der Waals surface area contributed by atoms with Crippen molar-refractivity contribution in [2.75, 3.05) is 0 Å². The lowest BCUT2D eigenvalue weighted by Crippen LogP contribution is -2.23. The first-order valence-corrected chi connectivity index (χ1v) is 5.90. The predicted octanol–water partition coefficient (Wildman–Crippen LogP) is 1.05. The number of nitriles is 1. The second-order valence-electron chi connectivity index (χ2n) is 4.41. The minimum Gasteiger partial charge on any atom is -0.544 e. The van der Waals surface area contributed by atoms with Crippen molar-refractivity contribution in [1.82, 2.24) is 9.72 Å². The van der Waals surface area contributed by atoms with Crippen LogP contribution in [0.15, 0.2) is 22.2 Å². The molecule has 2 aromatic rings. The first-order chi connectivity index (χ1) is 9.43. The molecule has 6 heteroatoms. The Morgan fingerprint density at radius 3 is 2.65 bits per heavy atom. The van der Waals surface area contributed by atoms with Crippen LogP contribution < -0.4 is 5.11 Å². The van der Waals surface area contributed by atoms with E-state index in [1.165, 1.54) is 6.08 Å². The van der Waals surface area contributed by atoms with Crippen molar-refractivity contribution in [2.45, 2.75) is 20.8 Å². The molecule has 0 aromatic carbocycles. The number of aromatic nitrogens is 2. The Balaban J connectivity index is 2.55. The van der Waals surface area contributed by atoms with Crippen molar-refractivity contribution in [3.05, 3.63) is 40.4 Å². The largest absolute Gasteiger partial charge is 0.544 e. The number of aryl methyl sites for hydroxylation is 2. The summed E-state index contributed by atoms with van der Waals surface area (Å²) in [5.74, 6) is -0.198. The molecular weight excluding hydrogens is 258 g/mol. The first-order valence-electron chi connectivity index (χ1n) is 5.90. The number of rotatable bonds is 3. The Bertz CT molecular complexity index is 744. The summed E-state index contributed by atoms with van der Waals surface area (Å²) in [6, 6.07) is 5.16. The van der Waals surface area contributed by atoms with Gasteiger partial charge in [-0.25, -0.2) is 0 Å². The van der Waals surface area contributed by atoms with Crippen LogP contribution in [0.4, 0.5) is 0 Å². The van der Waals surface area contributed by atoms with Crippen LogP contribution in [0, 0.1) is 32.1 Å². The Labute approximate surface area is 115 Å². The van der Waals surface area contributed by atoms with Gasteiger partial charge in [0.1, 0.15) is 11.8 Å². The van der Waals surface area contributed by atoms with Crippen LogP contribution in [0.2, 0.25) is 0 Å². The maximum absolute atomic E-state index is 10.8. The third kappa shape index (κ3) is 2.34. The Morgan fingerprint density at radius 1 is 1.45 bits per heavy atom. The molecule has 102 valence electrons. The van der Waals surface area contributed by atoms with Gasteiger partial charge in [0.15, 0.2) is 5.82 Å². The van der Waals surface area contributed by atoms with Crippen LogP contribution in [0.5, 0.6) is 0 Å². The lowest BCUT2D eigenvalue weighted by atomic mass is 10.1. The van der Waals surface area contributed by atoms with Crippen molar-refractivity contribution < 1.29 is 14.4 Å². The molecule has 0 aliphatic rings. The van der Waals surface area contributed by atoms with E-state index in [1.54, 1.807) is 25.1 Å². The molecule has 0 aliphatic carbocycles. The van der Waals surface area contributed by atoms with Crippen LogP contribution in [-0.4, -0.2) is 15.7 Å². The molecule has 0 spiro atoms. The Hall–Kier alpha value is -2.81. The molecule has 0 aliphatic heterocycles. The minimum atomic E-state index is -1.49. The van der Waals surface area contributed by atoms with Crippen LogP contribution in [0.25, 0.3) is 11.9 Å². The molecule has 2 aromatic heterocycles. The van der Waals surface area contributed by atoms with Crippen LogP contribution in [0.1, 0.15) is 22.7 Å². The lowest BCUT2D eigenvalue weighted by molar-refractivity contribution is -0.298. The minimum absolute atomic E-state index is 0.415. The van der Waals surface area contributed by atoms with E-state index < -0.39 is 11.5 Å². The molecular formula is C14H12N3O3-. The number of carbonyl (C=O) groups excluding carboxylic acids is 1. The number of hydrogen-bond donors (Lipinski definition) is 0. The smallest absolute Gasteiger partial charge is 0.180 e. The van der Waals surface area contributed by atoms with Crippen molar-refractivity contribution in [1.29, 1.82) is 5.26 Å². The third-order valence-corrected chi connectivity index (χ3v) is 2.96. The summed E-state index contributed by atoms with van der Waals surface area (Å²) in [6.45, 7) is 5.46. The monoisotopic (exact) mass is 270 g/mol. The SMILES string of the molecule is Cc1cc(-n2c(C)cc(/C=C(\C#N)C(=O)[O-])c2C)no1. The quantitative estimate of drug-likeness (QED) is 0.613. The molecule has 20 heavy (non-hydrogen) atoms. The van der Waals surface area contributed by atoms with Gasteiger partial charge >= 0.3 is 0 Å². The number of carboxylic acids is 1. The number of carboxylic acid groups (broad SMARTS) is 1. The Kier molecular flexibility index (Phi) is 3.44. The van der Waals surface area contributed by atoms with Gasteiger partial charge in [0.2, 0.25) is 0 Å². The van der Waals surface area contributed by atoms with Gasteiger partial charge in [-0.2, -0.15) is 5.26 Å². The molecule has 0 amide bonds. The Morgan fingerprint density at radius 2 is 2.15 bits per heavy atom. The van der Waals surface area contributed by atoms with E-state index in [0.29, 0.717) is 17.1 Å². The van der Waals surface area contributed by atoms with Gasteiger partial charge in [0.05, 0.1) is 11.5 Å². The number of aliphatic carboxylic acids is 1. The van der Waals surface area contributed by atoms with E-state index in [0.717, 1.165) is 11.4 Å². The van der Waals surface area contributed by atoms with Crippen LogP contribution >= 0.6 is 0 Å². The molecule has 0 radical (unpaired) electrons. The molecule has 0 bridgehead atoms. The topological polar surface area (TPSA) is 94.9 Å². The average Bonchev–Trinajstić information content (AvgIpc) is 2.90. The molecule has 0 saturated heterocycles. The highest BCUT2D eigenvalue weighted by atomic mass is 16.5. The fourth-order valence-electron chi connectivity index (χ4n) is 2.04. The summed E-state index contributed by atoms with van der Waals surface area (Å²) in [5, 5.41) is 23.5. The highest BCUT2D eigenvalue weighted by Crippen LogP contribution is 2.22.